The Morgan fingerprint density at radius 2 is 1.88 bits per heavy atom. The van der Waals surface area contributed by atoms with Crippen LogP contribution in [0.15, 0.2) is 0 Å². The van der Waals surface area contributed by atoms with Crippen molar-refractivity contribution in [2.24, 2.45) is 5.41 Å². The molecule has 88 valence electrons. The van der Waals surface area contributed by atoms with Crippen molar-refractivity contribution in [3.63, 3.8) is 0 Å². The molecule has 3 amide bonds. The summed E-state index contributed by atoms with van der Waals surface area (Å²) in [6.07, 6.45) is 1.28. The molecule has 0 radical (unpaired) electrons. The number of nitriles is 1. The Balaban J connectivity index is 2.15. The number of carbonyl (C=O) groups is 2. The summed E-state index contributed by atoms with van der Waals surface area (Å²) in [6.45, 7) is 0.714. The lowest BCUT2D eigenvalue weighted by Gasteiger charge is -2.12. The SMILES string of the molecule is CN(C)C(=O)NCCNC(=O)C1(C#N)CC1. The summed E-state index contributed by atoms with van der Waals surface area (Å²) in [7, 11) is 3.28. The second-order valence-corrected chi connectivity index (χ2v) is 4.08. The van der Waals surface area contributed by atoms with Crippen molar-refractivity contribution in [1.82, 2.24) is 15.5 Å². The number of amides is 3. The number of carbonyl (C=O) groups excluding carboxylic acids is 2. The number of hydrogen-bond acceptors (Lipinski definition) is 3. The smallest absolute Gasteiger partial charge is 0.316 e. The van der Waals surface area contributed by atoms with Gasteiger partial charge in [-0.1, -0.05) is 0 Å². The van der Waals surface area contributed by atoms with Gasteiger partial charge in [0, 0.05) is 27.2 Å². The van der Waals surface area contributed by atoms with Crippen molar-refractivity contribution < 1.29 is 9.59 Å². The fraction of sp³-hybridized carbons (Fsp3) is 0.700. The molecule has 0 unspecified atom stereocenters. The summed E-state index contributed by atoms with van der Waals surface area (Å²) in [6, 6.07) is 1.81. The Kier molecular flexibility index (Phi) is 3.72. The van der Waals surface area contributed by atoms with E-state index in [-0.39, 0.29) is 11.9 Å². The number of nitrogens with zero attached hydrogens (tertiary/aromatic N) is 2. The third kappa shape index (κ3) is 2.86. The minimum absolute atomic E-state index is 0.198. The van der Waals surface area contributed by atoms with Gasteiger partial charge in [-0.3, -0.25) is 4.79 Å². The highest BCUT2D eigenvalue weighted by Crippen LogP contribution is 2.44. The number of urea groups is 1. The third-order valence-corrected chi connectivity index (χ3v) is 2.49. The van der Waals surface area contributed by atoms with Gasteiger partial charge in [0.1, 0.15) is 5.41 Å². The van der Waals surface area contributed by atoms with Crippen molar-refractivity contribution in [1.29, 1.82) is 5.26 Å². The number of nitrogens with one attached hydrogen (secondary N) is 2. The average molecular weight is 224 g/mol. The van der Waals surface area contributed by atoms with Gasteiger partial charge >= 0.3 is 6.03 Å². The van der Waals surface area contributed by atoms with E-state index in [1.165, 1.54) is 4.90 Å². The van der Waals surface area contributed by atoms with E-state index < -0.39 is 5.41 Å². The molecule has 0 aliphatic heterocycles. The van der Waals surface area contributed by atoms with Crippen LogP contribution in [0.1, 0.15) is 12.8 Å². The molecule has 0 aromatic heterocycles. The molecule has 1 rings (SSSR count). The quantitative estimate of drug-likeness (QED) is 0.642. The third-order valence-electron chi connectivity index (χ3n) is 2.49. The zero-order chi connectivity index (χ0) is 12.2. The number of hydrogen-bond donors (Lipinski definition) is 2. The Morgan fingerprint density at radius 3 is 2.31 bits per heavy atom. The van der Waals surface area contributed by atoms with Crippen LogP contribution in [0.25, 0.3) is 0 Å². The fourth-order valence-electron chi connectivity index (χ4n) is 1.19. The molecule has 1 aliphatic carbocycles. The van der Waals surface area contributed by atoms with E-state index in [2.05, 4.69) is 10.6 Å². The summed E-state index contributed by atoms with van der Waals surface area (Å²) in [5, 5.41) is 14.0. The maximum atomic E-state index is 11.5. The highest BCUT2D eigenvalue weighted by Gasteiger charge is 2.50. The van der Waals surface area contributed by atoms with Crippen molar-refractivity contribution in [2.45, 2.75) is 12.8 Å². The van der Waals surface area contributed by atoms with Crippen molar-refractivity contribution in [3.05, 3.63) is 0 Å². The lowest BCUT2D eigenvalue weighted by Crippen LogP contribution is -2.41. The maximum absolute atomic E-state index is 11.5. The molecular formula is C10H16N4O2. The van der Waals surface area contributed by atoms with Crippen LogP contribution in [0, 0.1) is 16.7 Å². The predicted molar refractivity (Wildman–Crippen MR) is 57.4 cm³/mol. The van der Waals surface area contributed by atoms with Gasteiger partial charge in [0.15, 0.2) is 0 Å². The summed E-state index contributed by atoms with van der Waals surface area (Å²) in [5.74, 6) is -0.228. The predicted octanol–water partition coefficient (Wildman–Crippen LogP) is -0.322. The molecular weight excluding hydrogens is 208 g/mol. The van der Waals surface area contributed by atoms with Gasteiger partial charge in [0.05, 0.1) is 6.07 Å². The molecule has 2 N–H and O–H groups in total. The first-order chi connectivity index (χ1) is 7.52. The van der Waals surface area contributed by atoms with E-state index in [9.17, 15) is 9.59 Å². The van der Waals surface area contributed by atoms with Crippen LogP contribution in [-0.4, -0.2) is 44.0 Å². The topological polar surface area (TPSA) is 85.2 Å². The molecule has 6 nitrogen and oxygen atoms in total. The van der Waals surface area contributed by atoms with E-state index in [0.717, 1.165) is 0 Å². The molecule has 6 heteroatoms. The van der Waals surface area contributed by atoms with Gasteiger partial charge < -0.3 is 15.5 Å². The van der Waals surface area contributed by atoms with Gasteiger partial charge in [-0.25, -0.2) is 4.79 Å². The van der Waals surface area contributed by atoms with Crippen molar-refractivity contribution in [3.8, 4) is 6.07 Å². The molecule has 0 aromatic rings. The minimum atomic E-state index is -0.786. The zero-order valence-electron chi connectivity index (χ0n) is 9.54. The van der Waals surface area contributed by atoms with Crippen LogP contribution in [0.2, 0.25) is 0 Å². The summed E-state index contributed by atoms with van der Waals surface area (Å²) in [5.41, 5.74) is -0.786. The molecule has 0 heterocycles. The summed E-state index contributed by atoms with van der Waals surface area (Å²) < 4.78 is 0. The van der Waals surface area contributed by atoms with Gasteiger partial charge in [0.2, 0.25) is 5.91 Å². The molecule has 0 aromatic carbocycles. The van der Waals surface area contributed by atoms with Gasteiger partial charge in [-0.15, -0.1) is 0 Å². The molecule has 1 aliphatic rings. The normalized spacial score (nSPS) is 15.8. The van der Waals surface area contributed by atoms with Crippen LogP contribution in [0.3, 0.4) is 0 Å². The fourth-order valence-corrected chi connectivity index (χ4v) is 1.19. The average Bonchev–Trinajstić information content (AvgIpc) is 3.04. The first kappa shape index (κ1) is 12.3. The standard InChI is InChI=1S/C10H16N4O2/c1-14(2)9(16)13-6-5-12-8(15)10(7-11)3-4-10/h3-6H2,1-2H3,(H,12,15)(H,13,16). The minimum Gasteiger partial charge on any atom is -0.353 e. The van der Waals surface area contributed by atoms with Crippen LogP contribution < -0.4 is 10.6 Å². The lowest BCUT2D eigenvalue weighted by atomic mass is 10.1. The van der Waals surface area contributed by atoms with Crippen LogP contribution >= 0.6 is 0 Å². The van der Waals surface area contributed by atoms with E-state index in [4.69, 9.17) is 5.26 Å². The van der Waals surface area contributed by atoms with Crippen molar-refractivity contribution in [2.75, 3.05) is 27.2 Å². The molecule has 0 spiro atoms. The Labute approximate surface area is 94.6 Å². The van der Waals surface area contributed by atoms with Gasteiger partial charge in [-0.2, -0.15) is 5.26 Å². The van der Waals surface area contributed by atoms with Crippen LogP contribution in [0.4, 0.5) is 4.79 Å². The van der Waals surface area contributed by atoms with Gasteiger partial charge in [0.25, 0.3) is 0 Å². The molecule has 0 saturated heterocycles. The number of rotatable bonds is 4. The summed E-state index contributed by atoms with van der Waals surface area (Å²) >= 11 is 0. The largest absolute Gasteiger partial charge is 0.353 e. The monoisotopic (exact) mass is 224 g/mol. The Bertz CT molecular complexity index is 328. The second kappa shape index (κ2) is 4.84. The molecule has 1 fully saturated rings. The first-order valence-electron chi connectivity index (χ1n) is 5.16. The Morgan fingerprint density at radius 1 is 1.31 bits per heavy atom. The van der Waals surface area contributed by atoms with E-state index in [0.29, 0.717) is 25.9 Å². The van der Waals surface area contributed by atoms with E-state index in [1.54, 1.807) is 14.1 Å². The molecule has 0 atom stereocenters. The highest BCUT2D eigenvalue weighted by molar-refractivity contribution is 5.88. The second-order valence-electron chi connectivity index (χ2n) is 4.08. The van der Waals surface area contributed by atoms with Crippen LogP contribution in [0.5, 0.6) is 0 Å². The molecule has 16 heavy (non-hydrogen) atoms. The van der Waals surface area contributed by atoms with E-state index in [1.807, 2.05) is 6.07 Å². The van der Waals surface area contributed by atoms with Crippen LogP contribution in [-0.2, 0) is 4.79 Å². The Hall–Kier alpha value is -1.77. The highest BCUT2D eigenvalue weighted by atomic mass is 16.2. The van der Waals surface area contributed by atoms with E-state index >= 15 is 0 Å². The summed E-state index contributed by atoms with van der Waals surface area (Å²) in [4.78, 5) is 24.0. The molecule has 0 bridgehead atoms. The maximum Gasteiger partial charge on any atom is 0.316 e. The van der Waals surface area contributed by atoms with Gasteiger partial charge in [-0.05, 0) is 12.8 Å². The zero-order valence-corrected chi connectivity index (χ0v) is 9.54. The first-order valence-corrected chi connectivity index (χ1v) is 5.16. The molecule has 1 saturated carbocycles. The van der Waals surface area contributed by atoms with Crippen molar-refractivity contribution >= 4 is 11.9 Å². The lowest BCUT2D eigenvalue weighted by molar-refractivity contribution is -0.124.